The molecule has 0 saturated heterocycles. The predicted octanol–water partition coefficient (Wildman–Crippen LogP) is 5.05. The lowest BCUT2D eigenvalue weighted by Crippen LogP contribution is -2.14. The van der Waals surface area contributed by atoms with Crippen LogP contribution in [0.3, 0.4) is 0 Å². The van der Waals surface area contributed by atoms with Gasteiger partial charge in [-0.25, -0.2) is 0 Å². The molecule has 1 aromatic heterocycles. The molecule has 0 aliphatic rings. The van der Waals surface area contributed by atoms with Crippen LogP contribution in [0.25, 0.3) is 0 Å². The smallest absolute Gasteiger partial charge is 0.140 e. The van der Waals surface area contributed by atoms with Gasteiger partial charge in [0.15, 0.2) is 0 Å². The Bertz CT molecular complexity index is 412. The Balaban J connectivity index is 2.85. The first-order chi connectivity index (χ1) is 9.41. The summed E-state index contributed by atoms with van der Waals surface area (Å²) in [5.74, 6) is 1.62. The molecule has 2 nitrogen and oxygen atoms in total. The van der Waals surface area contributed by atoms with Gasteiger partial charge in [-0.1, -0.05) is 53.9 Å². The standard InChI is InChI=1S/C18H31NO/c1-7-9-14(3)10-16-17(20-6)11-15(13-19-16)12-18(4,5)8-2/h11,13-14H,7-10,12H2,1-6H3. The molecule has 0 N–H and O–H groups in total. The van der Waals surface area contributed by atoms with Crippen molar-refractivity contribution in [3.63, 3.8) is 0 Å². The first-order valence-electron chi connectivity index (χ1n) is 7.93. The summed E-state index contributed by atoms with van der Waals surface area (Å²) in [5, 5.41) is 0. The van der Waals surface area contributed by atoms with Gasteiger partial charge in [0.2, 0.25) is 0 Å². The minimum atomic E-state index is 0.323. The maximum absolute atomic E-state index is 5.55. The molecule has 114 valence electrons. The maximum atomic E-state index is 5.55. The van der Waals surface area contributed by atoms with Crippen molar-refractivity contribution in [1.82, 2.24) is 4.98 Å². The van der Waals surface area contributed by atoms with Crippen molar-refractivity contribution in [2.24, 2.45) is 11.3 Å². The van der Waals surface area contributed by atoms with Crippen LogP contribution >= 0.6 is 0 Å². The van der Waals surface area contributed by atoms with Crippen LogP contribution in [0.4, 0.5) is 0 Å². The van der Waals surface area contributed by atoms with E-state index in [-0.39, 0.29) is 0 Å². The molecule has 0 aromatic carbocycles. The van der Waals surface area contributed by atoms with Gasteiger partial charge in [0.1, 0.15) is 5.75 Å². The second-order valence-corrected chi connectivity index (χ2v) is 6.79. The molecular weight excluding hydrogens is 246 g/mol. The van der Waals surface area contributed by atoms with E-state index in [0.717, 1.165) is 24.3 Å². The Kier molecular flexibility index (Phi) is 6.51. The third kappa shape index (κ3) is 5.15. The van der Waals surface area contributed by atoms with E-state index in [4.69, 9.17) is 4.74 Å². The second-order valence-electron chi connectivity index (χ2n) is 6.79. The molecule has 0 radical (unpaired) electrons. The fourth-order valence-corrected chi connectivity index (χ4v) is 2.54. The van der Waals surface area contributed by atoms with Crippen molar-refractivity contribution in [2.75, 3.05) is 7.11 Å². The Morgan fingerprint density at radius 3 is 2.55 bits per heavy atom. The molecule has 1 atom stereocenters. The van der Waals surface area contributed by atoms with E-state index in [1.165, 1.54) is 24.8 Å². The number of pyridine rings is 1. The van der Waals surface area contributed by atoms with Gasteiger partial charge in [-0.05, 0) is 35.8 Å². The number of nitrogens with zero attached hydrogens (tertiary/aromatic N) is 1. The van der Waals surface area contributed by atoms with Crippen LogP contribution < -0.4 is 4.74 Å². The summed E-state index contributed by atoms with van der Waals surface area (Å²) in [4.78, 5) is 4.67. The summed E-state index contributed by atoms with van der Waals surface area (Å²) in [5.41, 5.74) is 2.70. The molecule has 20 heavy (non-hydrogen) atoms. The minimum absolute atomic E-state index is 0.323. The summed E-state index contributed by atoms with van der Waals surface area (Å²) in [7, 11) is 1.75. The largest absolute Gasteiger partial charge is 0.495 e. The van der Waals surface area contributed by atoms with Crippen molar-refractivity contribution < 1.29 is 4.74 Å². The fraction of sp³-hybridized carbons (Fsp3) is 0.722. The molecule has 0 aliphatic heterocycles. The van der Waals surface area contributed by atoms with Gasteiger partial charge in [-0.3, -0.25) is 4.98 Å². The average molecular weight is 277 g/mol. The van der Waals surface area contributed by atoms with Gasteiger partial charge in [0, 0.05) is 6.20 Å². The van der Waals surface area contributed by atoms with Crippen LogP contribution in [0, 0.1) is 11.3 Å². The zero-order valence-electron chi connectivity index (χ0n) is 14.1. The summed E-state index contributed by atoms with van der Waals surface area (Å²) >= 11 is 0. The van der Waals surface area contributed by atoms with E-state index < -0.39 is 0 Å². The zero-order valence-corrected chi connectivity index (χ0v) is 14.1. The molecular formula is C18H31NO. The number of hydrogen-bond donors (Lipinski definition) is 0. The highest BCUT2D eigenvalue weighted by atomic mass is 16.5. The summed E-state index contributed by atoms with van der Waals surface area (Å²) in [6, 6.07) is 2.18. The SMILES string of the molecule is CCCC(C)Cc1ncc(CC(C)(C)CC)cc1OC. The summed E-state index contributed by atoms with van der Waals surface area (Å²) in [6.07, 6.45) is 7.74. The number of ether oxygens (including phenoxy) is 1. The number of hydrogen-bond acceptors (Lipinski definition) is 2. The fourth-order valence-electron chi connectivity index (χ4n) is 2.54. The molecule has 0 bridgehead atoms. The lowest BCUT2D eigenvalue weighted by Gasteiger charge is -2.23. The molecule has 0 amide bonds. The van der Waals surface area contributed by atoms with Gasteiger partial charge in [0.25, 0.3) is 0 Å². The minimum Gasteiger partial charge on any atom is -0.495 e. The van der Waals surface area contributed by atoms with Gasteiger partial charge >= 0.3 is 0 Å². The lowest BCUT2D eigenvalue weighted by molar-refractivity contribution is 0.346. The second kappa shape index (κ2) is 7.66. The monoisotopic (exact) mass is 277 g/mol. The van der Waals surface area contributed by atoms with Crippen LogP contribution in [0.2, 0.25) is 0 Å². The van der Waals surface area contributed by atoms with Crippen molar-refractivity contribution in [3.05, 3.63) is 23.5 Å². The van der Waals surface area contributed by atoms with E-state index >= 15 is 0 Å². The van der Waals surface area contributed by atoms with E-state index in [1.54, 1.807) is 7.11 Å². The molecule has 0 spiro atoms. The highest BCUT2D eigenvalue weighted by molar-refractivity contribution is 5.32. The number of rotatable bonds is 8. The van der Waals surface area contributed by atoms with Gasteiger partial charge in [0.05, 0.1) is 12.8 Å². The van der Waals surface area contributed by atoms with E-state index in [9.17, 15) is 0 Å². The molecule has 0 aliphatic carbocycles. The Labute approximate surface area is 125 Å². The maximum Gasteiger partial charge on any atom is 0.140 e. The van der Waals surface area contributed by atoms with E-state index in [2.05, 4.69) is 45.7 Å². The zero-order chi connectivity index (χ0) is 15.2. The van der Waals surface area contributed by atoms with Crippen LogP contribution in [0.15, 0.2) is 12.3 Å². The quantitative estimate of drug-likeness (QED) is 0.663. The van der Waals surface area contributed by atoms with Crippen molar-refractivity contribution in [2.45, 2.75) is 66.7 Å². The molecule has 1 heterocycles. The van der Waals surface area contributed by atoms with E-state index in [1.807, 2.05) is 6.20 Å². The molecule has 1 aromatic rings. The van der Waals surface area contributed by atoms with Gasteiger partial charge in [-0.15, -0.1) is 0 Å². The Hall–Kier alpha value is -1.05. The normalized spacial score (nSPS) is 13.3. The van der Waals surface area contributed by atoms with Crippen LogP contribution in [-0.4, -0.2) is 12.1 Å². The third-order valence-corrected chi connectivity index (χ3v) is 4.17. The predicted molar refractivity (Wildman–Crippen MR) is 86.3 cm³/mol. The number of methoxy groups -OCH3 is 1. The first-order valence-corrected chi connectivity index (χ1v) is 7.93. The van der Waals surface area contributed by atoms with Crippen molar-refractivity contribution in [3.8, 4) is 5.75 Å². The number of aromatic nitrogens is 1. The lowest BCUT2D eigenvalue weighted by atomic mass is 9.84. The van der Waals surface area contributed by atoms with Crippen molar-refractivity contribution in [1.29, 1.82) is 0 Å². The molecule has 2 heteroatoms. The molecule has 0 fully saturated rings. The van der Waals surface area contributed by atoms with Crippen LogP contribution in [0.1, 0.15) is 65.1 Å². The van der Waals surface area contributed by atoms with Crippen LogP contribution in [-0.2, 0) is 12.8 Å². The molecule has 0 saturated carbocycles. The average Bonchev–Trinajstić information content (AvgIpc) is 2.40. The van der Waals surface area contributed by atoms with Crippen molar-refractivity contribution >= 4 is 0 Å². The summed E-state index contributed by atoms with van der Waals surface area (Å²) < 4.78 is 5.55. The van der Waals surface area contributed by atoms with Gasteiger partial charge < -0.3 is 4.74 Å². The first kappa shape index (κ1) is 17.0. The molecule has 1 rings (SSSR count). The Morgan fingerprint density at radius 1 is 1.30 bits per heavy atom. The highest BCUT2D eigenvalue weighted by Gasteiger charge is 2.17. The van der Waals surface area contributed by atoms with Gasteiger partial charge in [-0.2, -0.15) is 0 Å². The highest BCUT2D eigenvalue weighted by Crippen LogP contribution is 2.28. The Morgan fingerprint density at radius 2 is 2.00 bits per heavy atom. The topological polar surface area (TPSA) is 22.1 Å². The van der Waals surface area contributed by atoms with Crippen LogP contribution in [0.5, 0.6) is 5.75 Å². The summed E-state index contributed by atoms with van der Waals surface area (Å²) in [6.45, 7) is 11.4. The van der Waals surface area contributed by atoms with E-state index in [0.29, 0.717) is 11.3 Å². The molecule has 1 unspecified atom stereocenters. The third-order valence-electron chi connectivity index (χ3n) is 4.17.